The van der Waals surface area contributed by atoms with Crippen molar-refractivity contribution >= 4 is 17.7 Å². The molecule has 0 aromatic carbocycles. The predicted octanol–water partition coefficient (Wildman–Crippen LogP) is 0.265. The lowest BCUT2D eigenvalue weighted by Crippen LogP contribution is -2.44. The van der Waals surface area contributed by atoms with Crippen LogP contribution in [0.3, 0.4) is 0 Å². The molecule has 2 atom stereocenters. The van der Waals surface area contributed by atoms with Crippen LogP contribution in [0.25, 0.3) is 0 Å². The van der Waals surface area contributed by atoms with Gasteiger partial charge >= 0.3 is 5.97 Å². The molecule has 2 unspecified atom stereocenters. The van der Waals surface area contributed by atoms with Crippen molar-refractivity contribution in [3.63, 3.8) is 0 Å². The molecule has 1 amide bonds. The minimum Gasteiger partial charge on any atom is -0.481 e. The number of hydrogen-bond donors (Lipinski definition) is 2. The van der Waals surface area contributed by atoms with Gasteiger partial charge in [-0.05, 0) is 19.8 Å². The van der Waals surface area contributed by atoms with Gasteiger partial charge in [0.05, 0.1) is 5.92 Å². The van der Waals surface area contributed by atoms with Gasteiger partial charge in [0, 0.05) is 25.0 Å². The molecule has 0 saturated carbocycles. The largest absolute Gasteiger partial charge is 0.481 e. The van der Waals surface area contributed by atoms with Crippen molar-refractivity contribution < 1.29 is 14.7 Å². The Kier molecular flexibility index (Phi) is 3.64. The molecular weight excluding hydrogens is 248 g/mol. The first kappa shape index (κ1) is 13.3. The summed E-state index contributed by atoms with van der Waals surface area (Å²) in [6, 6.07) is -0.0235. The quantitative estimate of drug-likeness (QED) is 0.810. The maximum atomic E-state index is 11.3. The zero-order chi connectivity index (χ0) is 14.0. The van der Waals surface area contributed by atoms with Gasteiger partial charge in [0.25, 0.3) is 5.91 Å². The second kappa shape index (κ2) is 5.21. The first-order valence-corrected chi connectivity index (χ1v) is 6.11. The Morgan fingerprint density at radius 2 is 2.11 bits per heavy atom. The van der Waals surface area contributed by atoms with Crippen LogP contribution in [0, 0.1) is 5.92 Å². The molecule has 1 aliphatic rings. The van der Waals surface area contributed by atoms with Gasteiger partial charge in [-0.3, -0.25) is 9.59 Å². The van der Waals surface area contributed by atoms with E-state index >= 15 is 0 Å². The summed E-state index contributed by atoms with van der Waals surface area (Å²) in [6.07, 6.45) is 3.95. The Bertz CT molecular complexity index is 506. The third kappa shape index (κ3) is 2.64. The predicted molar refractivity (Wildman–Crippen MR) is 67.7 cm³/mol. The first-order valence-electron chi connectivity index (χ1n) is 6.11. The SMILES string of the molecule is CC1CC(C(=O)O)CCN1c1nccnc1C(N)=O. The third-order valence-corrected chi connectivity index (χ3v) is 3.41. The lowest BCUT2D eigenvalue weighted by molar-refractivity contribution is -0.142. The lowest BCUT2D eigenvalue weighted by atomic mass is 9.91. The van der Waals surface area contributed by atoms with Crippen molar-refractivity contribution in [3.8, 4) is 0 Å². The van der Waals surface area contributed by atoms with E-state index in [0.29, 0.717) is 25.2 Å². The van der Waals surface area contributed by atoms with Crippen LogP contribution in [0.15, 0.2) is 12.4 Å². The minimum absolute atomic E-state index is 0.0235. The van der Waals surface area contributed by atoms with E-state index in [9.17, 15) is 9.59 Å². The summed E-state index contributed by atoms with van der Waals surface area (Å²) in [6.45, 7) is 2.44. The molecule has 7 heteroatoms. The average Bonchev–Trinajstić information content (AvgIpc) is 2.38. The summed E-state index contributed by atoms with van der Waals surface area (Å²) < 4.78 is 0. The van der Waals surface area contributed by atoms with E-state index in [2.05, 4.69) is 9.97 Å². The number of rotatable bonds is 3. The molecule has 1 aliphatic heterocycles. The van der Waals surface area contributed by atoms with Crippen molar-refractivity contribution in [2.45, 2.75) is 25.8 Å². The zero-order valence-electron chi connectivity index (χ0n) is 10.6. The Morgan fingerprint density at radius 3 is 2.68 bits per heavy atom. The summed E-state index contributed by atoms with van der Waals surface area (Å²) >= 11 is 0. The minimum atomic E-state index is -0.777. The number of piperidine rings is 1. The highest BCUT2D eigenvalue weighted by molar-refractivity contribution is 5.95. The van der Waals surface area contributed by atoms with Crippen molar-refractivity contribution in [2.24, 2.45) is 11.7 Å². The average molecular weight is 264 g/mol. The third-order valence-electron chi connectivity index (χ3n) is 3.41. The number of aliphatic carboxylic acids is 1. The van der Waals surface area contributed by atoms with Crippen LogP contribution >= 0.6 is 0 Å². The number of nitrogens with two attached hydrogens (primary N) is 1. The molecule has 3 N–H and O–H groups in total. The van der Waals surface area contributed by atoms with E-state index < -0.39 is 11.9 Å². The molecule has 7 nitrogen and oxygen atoms in total. The van der Waals surface area contributed by atoms with Crippen LogP contribution < -0.4 is 10.6 Å². The number of aromatic nitrogens is 2. The normalized spacial score (nSPS) is 23.1. The second-order valence-electron chi connectivity index (χ2n) is 4.69. The zero-order valence-corrected chi connectivity index (χ0v) is 10.6. The van der Waals surface area contributed by atoms with Crippen LogP contribution in [0.1, 0.15) is 30.3 Å². The summed E-state index contributed by atoms with van der Waals surface area (Å²) in [7, 11) is 0. The van der Waals surface area contributed by atoms with Gasteiger partial charge in [-0.15, -0.1) is 0 Å². The number of carbonyl (C=O) groups is 2. The Hall–Kier alpha value is -2.18. The van der Waals surface area contributed by atoms with Crippen LogP contribution in [0.2, 0.25) is 0 Å². The molecule has 102 valence electrons. The number of primary amides is 1. The molecule has 2 heterocycles. The molecular formula is C12H16N4O3. The van der Waals surface area contributed by atoms with Crippen LogP contribution in [-0.2, 0) is 4.79 Å². The van der Waals surface area contributed by atoms with Gasteiger partial charge in [0.15, 0.2) is 11.5 Å². The Balaban J connectivity index is 2.24. The number of nitrogens with zero attached hydrogens (tertiary/aromatic N) is 3. The summed E-state index contributed by atoms with van der Waals surface area (Å²) in [5.41, 5.74) is 5.41. The number of amides is 1. The Morgan fingerprint density at radius 1 is 1.42 bits per heavy atom. The molecule has 0 bridgehead atoms. The van der Waals surface area contributed by atoms with E-state index in [4.69, 9.17) is 10.8 Å². The fraction of sp³-hybridized carbons (Fsp3) is 0.500. The molecule has 0 aliphatic carbocycles. The highest BCUT2D eigenvalue weighted by atomic mass is 16.4. The van der Waals surface area contributed by atoms with Gasteiger partial charge in [0.2, 0.25) is 0 Å². The molecule has 1 aromatic heterocycles. The Labute approximate surface area is 110 Å². The van der Waals surface area contributed by atoms with E-state index in [0.717, 1.165) is 0 Å². The van der Waals surface area contributed by atoms with Crippen molar-refractivity contribution in [1.82, 2.24) is 9.97 Å². The molecule has 1 saturated heterocycles. The molecule has 0 radical (unpaired) electrons. The fourth-order valence-corrected chi connectivity index (χ4v) is 2.43. The van der Waals surface area contributed by atoms with Crippen LogP contribution in [0.4, 0.5) is 5.82 Å². The fourth-order valence-electron chi connectivity index (χ4n) is 2.43. The van der Waals surface area contributed by atoms with Crippen LogP contribution in [0.5, 0.6) is 0 Å². The first-order chi connectivity index (χ1) is 9.00. The highest BCUT2D eigenvalue weighted by Crippen LogP contribution is 2.28. The molecule has 2 rings (SSSR count). The van der Waals surface area contributed by atoms with Gasteiger partial charge in [0.1, 0.15) is 0 Å². The van der Waals surface area contributed by atoms with Gasteiger partial charge < -0.3 is 15.7 Å². The number of carbonyl (C=O) groups excluding carboxylic acids is 1. The molecule has 1 aromatic rings. The summed E-state index contributed by atoms with van der Waals surface area (Å²) in [4.78, 5) is 32.3. The lowest BCUT2D eigenvalue weighted by Gasteiger charge is -2.37. The van der Waals surface area contributed by atoms with E-state index in [-0.39, 0.29) is 17.7 Å². The topological polar surface area (TPSA) is 109 Å². The maximum absolute atomic E-state index is 11.3. The number of carboxylic acids is 1. The standard InChI is InChI=1S/C12H16N4O3/c1-7-6-8(12(18)19)2-5-16(7)11-9(10(13)17)14-3-4-15-11/h3-4,7-8H,2,5-6H2,1H3,(H2,13,17)(H,18,19). The second-order valence-corrected chi connectivity index (χ2v) is 4.69. The van der Waals surface area contributed by atoms with Gasteiger partial charge in [-0.25, -0.2) is 9.97 Å². The number of anilines is 1. The van der Waals surface area contributed by atoms with Gasteiger partial charge in [-0.1, -0.05) is 0 Å². The molecule has 0 spiro atoms. The van der Waals surface area contributed by atoms with E-state index in [1.54, 1.807) is 0 Å². The maximum Gasteiger partial charge on any atom is 0.306 e. The number of hydrogen-bond acceptors (Lipinski definition) is 5. The monoisotopic (exact) mass is 264 g/mol. The van der Waals surface area contributed by atoms with Crippen molar-refractivity contribution in [1.29, 1.82) is 0 Å². The molecule has 19 heavy (non-hydrogen) atoms. The number of carboxylic acid groups (broad SMARTS) is 1. The van der Waals surface area contributed by atoms with E-state index in [1.165, 1.54) is 12.4 Å². The van der Waals surface area contributed by atoms with Crippen molar-refractivity contribution in [2.75, 3.05) is 11.4 Å². The summed E-state index contributed by atoms with van der Waals surface area (Å²) in [5, 5.41) is 9.04. The molecule has 1 fully saturated rings. The van der Waals surface area contributed by atoms with Crippen molar-refractivity contribution in [3.05, 3.63) is 18.1 Å². The highest BCUT2D eigenvalue weighted by Gasteiger charge is 2.32. The summed E-state index contributed by atoms with van der Waals surface area (Å²) in [5.74, 6) is -1.32. The van der Waals surface area contributed by atoms with Gasteiger partial charge in [-0.2, -0.15) is 0 Å². The smallest absolute Gasteiger partial charge is 0.306 e. The van der Waals surface area contributed by atoms with E-state index in [1.807, 2.05) is 11.8 Å². The van der Waals surface area contributed by atoms with Crippen LogP contribution in [-0.4, -0.2) is 39.5 Å².